The van der Waals surface area contributed by atoms with Crippen molar-refractivity contribution in [1.29, 1.82) is 0 Å². The topological polar surface area (TPSA) is 29.5 Å². The van der Waals surface area contributed by atoms with Crippen LogP contribution in [0.25, 0.3) is 0 Å². The summed E-state index contributed by atoms with van der Waals surface area (Å²) in [6.07, 6.45) is 9.17. The van der Waals surface area contributed by atoms with E-state index in [1.54, 1.807) is 0 Å². The van der Waals surface area contributed by atoms with Gasteiger partial charge in [-0.15, -0.1) is 0 Å². The molecule has 0 saturated heterocycles. The lowest BCUT2D eigenvalue weighted by Gasteiger charge is -2.39. The van der Waals surface area contributed by atoms with Crippen molar-refractivity contribution in [2.75, 3.05) is 0 Å². The largest absolute Gasteiger partial charge is 0.393 e. The second-order valence-corrected chi connectivity index (χ2v) is 6.89. The third kappa shape index (κ3) is 2.26. The van der Waals surface area contributed by atoms with Gasteiger partial charge in [0.15, 0.2) is 0 Å². The number of hydrogen-bond acceptors (Lipinski definition) is 2. The number of hydrogen-bond donors (Lipinski definition) is 1. The van der Waals surface area contributed by atoms with E-state index >= 15 is 0 Å². The molecule has 17 heavy (non-hydrogen) atoms. The van der Waals surface area contributed by atoms with Crippen molar-refractivity contribution in [3.63, 3.8) is 0 Å². The molecular formula is C15H26O2. The molecular weight excluding hydrogens is 212 g/mol. The van der Waals surface area contributed by atoms with Crippen LogP contribution in [0.15, 0.2) is 0 Å². The Bertz CT molecular complexity index is 289. The number of aliphatic hydroxyl groups excluding tert-OH is 1. The van der Waals surface area contributed by atoms with Crippen molar-refractivity contribution in [2.24, 2.45) is 17.8 Å². The third-order valence-electron chi connectivity index (χ3n) is 5.22. The summed E-state index contributed by atoms with van der Waals surface area (Å²) in [6, 6.07) is 0. The predicted molar refractivity (Wildman–Crippen MR) is 67.7 cm³/mol. The molecule has 2 heteroatoms. The zero-order valence-corrected chi connectivity index (χ0v) is 11.2. The number of fused-ring (bicyclic) bond motifs is 4. The normalized spacial score (nSPS) is 47.1. The third-order valence-corrected chi connectivity index (χ3v) is 5.22. The summed E-state index contributed by atoms with van der Waals surface area (Å²) in [5.41, 5.74) is 0.238. The van der Waals surface area contributed by atoms with Crippen molar-refractivity contribution in [2.45, 2.75) is 76.6 Å². The summed E-state index contributed by atoms with van der Waals surface area (Å²) in [5, 5.41) is 9.43. The molecule has 3 fully saturated rings. The summed E-state index contributed by atoms with van der Waals surface area (Å²) in [7, 11) is 0. The molecule has 0 heterocycles. The maximum atomic E-state index is 9.43. The van der Waals surface area contributed by atoms with Gasteiger partial charge in [0, 0.05) is 0 Å². The monoisotopic (exact) mass is 238 g/mol. The van der Waals surface area contributed by atoms with Gasteiger partial charge in [0.1, 0.15) is 0 Å². The van der Waals surface area contributed by atoms with Gasteiger partial charge in [0.25, 0.3) is 0 Å². The minimum absolute atomic E-state index is 0.221. The van der Waals surface area contributed by atoms with E-state index in [9.17, 15) is 5.11 Å². The Labute approximate surface area is 105 Å². The Kier molecular flexibility index (Phi) is 2.99. The van der Waals surface area contributed by atoms with E-state index in [1.165, 1.54) is 38.5 Å². The Morgan fingerprint density at radius 1 is 1.29 bits per heavy atom. The van der Waals surface area contributed by atoms with Gasteiger partial charge >= 0.3 is 0 Å². The molecule has 3 aliphatic carbocycles. The van der Waals surface area contributed by atoms with Crippen molar-refractivity contribution < 1.29 is 9.84 Å². The van der Waals surface area contributed by atoms with E-state index in [1.807, 2.05) is 6.92 Å². The minimum Gasteiger partial charge on any atom is -0.393 e. The first-order valence-corrected chi connectivity index (χ1v) is 7.45. The molecule has 98 valence electrons. The van der Waals surface area contributed by atoms with Crippen LogP contribution in [0.3, 0.4) is 0 Å². The van der Waals surface area contributed by atoms with Gasteiger partial charge in [-0.2, -0.15) is 0 Å². The highest BCUT2D eigenvalue weighted by Gasteiger charge is 2.63. The highest BCUT2D eigenvalue weighted by Crippen LogP contribution is 2.64. The number of rotatable bonds is 4. The van der Waals surface area contributed by atoms with Crippen LogP contribution in [0.1, 0.15) is 58.8 Å². The maximum absolute atomic E-state index is 9.43. The van der Waals surface area contributed by atoms with E-state index in [-0.39, 0.29) is 17.8 Å². The maximum Gasteiger partial charge on any atom is 0.0724 e. The van der Waals surface area contributed by atoms with E-state index in [4.69, 9.17) is 4.74 Å². The second-order valence-electron chi connectivity index (χ2n) is 6.89. The van der Waals surface area contributed by atoms with Gasteiger partial charge in [-0.25, -0.2) is 0 Å². The summed E-state index contributed by atoms with van der Waals surface area (Å²) in [5.74, 6) is 2.75. The number of ether oxygens (including phenoxy) is 1. The fourth-order valence-corrected chi connectivity index (χ4v) is 4.63. The Morgan fingerprint density at radius 3 is 2.88 bits per heavy atom. The molecule has 3 rings (SSSR count). The molecule has 0 aromatic carbocycles. The number of aliphatic hydroxyl groups is 1. The first kappa shape index (κ1) is 12.0. The second kappa shape index (κ2) is 4.24. The van der Waals surface area contributed by atoms with Crippen molar-refractivity contribution in [1.82, 2.24) is 0 Å². The lowest BCUT2D eigenvalue weighted by molar-refractivity contribution is -0.0827. The first-order chi connectivity index (χ1) is 8.09. The molecule has 0 amide bonds. The fourth-order valence-electron chi connectivity index (χ4n) is 4.63. The van der Waals surface area contributed by atoms with Gasteiger partial charge in [-0.05, 0) is 57.3 Å². The first-order valence-electron chi connectivity index (χ1n) is 7.45. The van der Waals surface area contributed by atoms with E-state index in [0.717, 1.165) is 24.2 Å². The summed E-state index contributed by atoms with van der Waals surface area (Å²) in [6.45, 7) is 3.98. The Balaban J connectivity index is 1.61. The highest BCUT2D eigenvalue weighted by atomic mass is 16.5. The predicted octanol–water partition coefficient (Wildman–Crippen LogP) is 3.13. The van der Waals surface area contributed by atoms with Crippen LogP contribution in [-0.2, 0) is 4.74 Å². The molecule has 2 nitrogen and oxygen atoms in total. The molecule has 6 atom stereocenters. The van der Waals surface area contributed by atoms with Gasteiger partial charge in [-0.1, -0.05) is 19.3 Å². The quantitative estimate of drug-likeness (QED) is 0.815. The lowest BCUT2D eigenvalue weighted by Crippen LogP contribution is -2.36. The van der Waals surface area contributed by atoms with Gasteiger partial charge in [0.2, 0.25) is 0 Å². The minimum atomic E-state index is -0.235. The molecule has 0 spiro atoms. The van der Waals surface area contributed by atoms with E-state index in [2.05, 4.69) is 6.92 Å². The molecule has 1 unspecified atom stereocenters. The van der Waals surface area contributed by atoms with Crippen LogP contribution in [-0.4, -0.2) is 22.9 Å². The molecule has 0 aromatic heterocycles. The zero-order chi connectivity index (χ0) is 12.0. The van der Waals surface area contributed by atoms with Crippen LogP contribution >= 0.6 is 0 Å². The van der Waals surface area contributed by atoms with Crippen LogP contribution < -0.4 is 0 Å². The van der Waals surface area contributed by atoms with Gasteiger partial charge < -0.3 is 9.84 Å². The Hall–Kier alpha value is -0.0800. The lowest BCUT2D eigenvalue weighted by atomic mass is 9.71. The Morgan fingerprint density at radius 2 is 2.12 bits per heavy atom. The van der Waals surface area contributed by atoms with Crippen molar-refractivity contribution in [3.8, 4) is 0 Å². The molecule has 3 saturated carbocycles. The summed E-state index contributed by atoms with van der Waals surface area (Å²) >= 11 is 0. The van der Waals surface area contributed by atoms with Gasteiger partial charge in [-0.3, -0.25) is 0 Å². The molecule has 0 aliphatic heterocycles. The van der Waals surface area contributed by atoms with Crippen molar-refractivity contribution in [3.05, 3.63) is 0 Å². The van der Waals surface area contributed by atoms with Crippen LogP contribution in [0.4, 0.5) is 0 Å². The SMILES string of the molecule is C[C@H](C[C@@H](C)O)O[C@@]12CC1[C@H]1CCC[C@H](C1)C2. The van der Waals surface area contributed by atoms with Crippen LogP contribution in [0, 0.1) is 17.8 Å². The van der Waals surface area contributed by atoms with E-state index < -0.39 is 0 Å². The molecule has 2 bridgehead atoms. The zero-order valence-electron chi connectivity index (χ0n) is 11.2. The standard InChI is InChI=1S/C15H26O2/c1-10(16)6-11(2)17-15-8-12-4-3-5-13(7-12)14(15)9-15/h10-14,16H,3-9H2,1-2H3/t10-,11-,12-,13+,14?,15+/m1/s1. The van der Waals surface area contributed by atoms with Crippen LogP contribution in [0.5, 0.6) is 0 Å². The summed E-state index contributed by atoms with van der Waals surface area (Å²) in [4.78, 5) is 0. The average Bonchev–Trinajstić information content (AvgIpc) is 2.91. The fraction of sp³-hybridized carbons (Fsp3) is 1.00. The summed E-state index contributed by atoms with van der Waals surface area (Å²) < 4.78 is 6.34. The van der Waals surface area contributed by atoms with E-state index in [0.29, 0.717) is 0 Å². The van der Waals surface area contributed by atoms with Gasteiger partial charge in [0.05, 0.1) is 17.8 Å². The molecule has 0 aromatic rings. The molecule has 3 aliphatic rings. The highest BCUT2D eigenvalue weighted by molar-refractivity contribution is 5.13. The average molecular weight is 238 g/mol. The molecule has 1 N–H and O–H groups in total. The van der Waals surface area contributed by atoms with Crippen LogP contribution in [0.2, 0.25) is 0 Å². The molecule has 0 radical (unpaired) electrons. The smallest absolute Gasteiger partial charge is 0.0724 e. The van der Waals surface area contributed by atoms with Crippen molar-refractivity contribution >= 4 is 0 Å².